The van der Waals surface area contributed by atoms with Crippen LogP contribution in [0.25, 0.3) is 0 Å². The maximum Gasteiger partial charge on any atom is 0.472 e. The molecule has 3 N–H and O–H groups in total. The Bertz CT molecular complexity index is 2670. The summed E-state index contributed by atoms with van der Waals surface area (Å²) in [6.45, 7) is 24.7. The molecule has 139 heavy (non-hydrogen) atoms. The van der Waals surface area contributed by atoms with Crippen LogP contribution in [0.4, 0.5) is 4.79 Å². The first-order chi connectivity index (χ1) is 68.6. The lowest BCUT2D eigenvalue weighted by molar-refractivity contribution is -0.161. The zero-order valence-electron chi connectivity index (χ0n) is 85.9. The first-order valence-electron chi connectivity index (χ1n) is 52.6. The molecule has 0 spiro atoms. The van der Waals surface area contributed by atoms with E-state index >= 15 is 0 Å². The largest absolute Gasteiger partial charge is 0.472 e. The molecule has 0 aromatic carbocycles. The van der Waals surface area contributed by atoms with Crippen LogP contribution in [-0.2, 0) is 156 Å². The molecule has 0 saturated carbocycles. The normalized spacial score (nSPS) is 13.9. The van der Waals surface area contributed by atoms with Gasteiger partial charge in [0, 0.05) is 32.4 Å². The molecule has 0 heterocycles. The van der Waals surface area contributed by atoms with Crippen molar-refractivity contribution in [2.75, 3.05) is 350 Å². The fourth-order valence-electron chi connectivity index (χ4n) is 12.9. The molecule has 0 aromatic rings. The summed E-state index contributed by atoms with van der Waals surface area (Å²) in [4.78, 5) is 60.5. The van der Waals surface area contributed by atoms with Gasteiger partial charge >= 0.3 is 25.9 Å². The van der Waals surface area contributed by atoms with Crippen molar-refractivity contribution in [3.63, 3.8) is 0 Å². The Morgan fingerprint density at radius 1 is 0.295 bits per heavy atom. The number of carbonyl (C=O) groups is 4. The van der Waals surface area contributed by atoms with Gasteiger partial charge in [0.05, 0.1) is 330 Å². The number of phosphoric ester groups is 1. The molecule has 0 radical (unpaired) electrons. The third-order valence-electron chi connectivity index (χ3n) is 20.7. The molecular formula is C101H191N2O35P. The van der Waals surface area contributed by atoms with Gasteiger partial charge in [-0.1, -0.05) is 153 Å². The molecular weight excluding hydrogens is 1830 g/mol. The topological polar surface area (TPSA) is 397 Å². The first kappa shape index (κ1) is 133. The molecule has 820 valence electrons. The number of alkyl carbamates (subject to hydrolysis) is 1. The zero-order valence-corrected chi connectivity index (χ0v) is 86.8. The maximum atomic E-state index is 12.9. The van der Waals surface area contributed by atoms with Gasteiger partial charge in [-0.25, -0.2) is 9.36 Å². The first-order valence-corrected chi connectivity index (χ1v) is 54.1. The molecule has 0 bridgehead atoms. The van der Waals surface area contributed by atoms with Crippen molar-refractivity contribution in [1.82, 2.24) is 10.6 Å². The highest BCUT2D eigenvalue weighted by Crippen LogP contribution is 2.43. The summed E-state index contributed by atoms with van der Waals surface area (Å²) in [5.74, 6) is -1.29. The fraction of sp³-hybridized carbons (Fsp3) is 0.901. The third-order valence-corrected chi connectivity index (χ3v) is 21.6. The van der Waals surface area contributed by atoms with Gasteiger partial charge in [0.1, 0.15) is 12.7 Å². The highest BCUT2D eigenvalue weighted by Gasteiger charge is 2.27. The van der Waals surface area contributed by atoms with Crippen LogP contribution in [-0.4, -0.2) is 391 Å². The summed E-state index contributed by atoms with van der Waals surface area (Å²) in [5.41, 5.74) is 0. The molecule has 0 fully saturated rings. The van der Waals surface area contributed by atoms with Crippen molar-refractivity contribution in [2.24, 2.45) is 0 Å². The lowest BCUT2D eigenvalue weighted by Gasteiger charge is -2.20. The zero-order chi connectivity index (χ0) is 99.6. The second-order valence-electron chi connectivity index (χ2n) is 32.8. The number of allylic oxidation sites excluding steroid dienone is 6. The molecule has 2 unspecified atom stereocenters. The van der Waals surface area contributed by atoms with Crippen molar-refractivity contribution in [3.05, 3.63) is 36.5 Å². The van der Waals surface area contributed by atoms with E-state index in [9.17, 15) is 28.6 Å². The number of ether oxygens (including phenoxy) is 27. The van der Waals surface area contributed by atoms with Crippen molar-refractivity contribution < 1.29 is 166 Å². The summed E-state index contributed by atoms with van der Waals surface area (Å²) < 4.78 is 173. The van der Waals surface area contributed by atoms with Crippen LogP contribution in [0, 0.1) is 0 Å². The number of esters is 2. The number of amides is 2. The molecule has 0 aromatic heterocycles. The quantitative estimate of drug-likeness (QED) is 0.0167. The minimum atomic E-state index is -4.64. The van der Waals surface area contributed by atoms with Crippen LogP contribution in [0.15, 0.2) is 36.5 Å². The Balaban J connectivity index is 1.82. The van der Waals surface area contributed by atoms with Crippen molar-refractivity contribution in [3.8, 4) is 0 Å². The van der Waals surface area contributed by atoms with Gasteiger partial charge in [0.25, 0.3) is 0 Å². The SMILES string of the molecule is CCCCCCCC/C=C\CCCCCCCC(=O)OC[C@H](COP(=O)(O)OCCNC(=O)CCOCCOCCOCCOCCOCCOCCOCCOCCOCCOCCOCCOCCOCCOCCOCCOCCOCCOCCOCCOCCOCCOCCOCCOCCNC(=O)OC1CC/C=C/CCC1)OC(=O)CCCCCCC/C=C\CCCCCCCC. The molecule has 37 nitrogen and oxygen atoms in total. The van der Waals surface area contributed by atoms with Crippen LogP contribution in [0.1, 0.15) is 232 Å². The predicted octanol–water partition coefficient (Wildman–Crippen LogP) is 14.2. The second kappa shape index (κ2) is 114. The van der Waals surface area contributed by atoms with E-state index in [0.717, 1.165) is 109 Å². The number of carbonyl (C=O) groups excluding carboxylic acids is 4. The van der Waals surface area contributed by atoms with Crippen LogP contribution in [0.5, 0.6) is 0 Å². The standard InChI is InChI=1S/C101H191N2O35P/c1-3-5-7-9-11-13-15-17-19-21-23-25-27-32-36-40-99(105)134-94-97(137-100(106)41-37-33-28-26-24-22-20-18-16-14-12-10-8-6-4-2)95-136-139(108,109)135-47-44-102-98(104)42-45-110-48-50-112-52-54-114-56-58-116-60-62-118-64-66-120-68-70-122-72-74-124-76-78-126-80-82-128-84-86-130-88-90-132-92-93-133-91-89-131-87-85-129-83-81-127-79-77-125-75-73-123-71-69-121-67-65-119-63-61-117-59-57-115-55-53-113-51-49-111-46-43-103-101(107)138-96-38-34-30-29-31-35-39-96/h17-20,29-30,96-97H,3-16,21-28,31-95H2,1-2H3,(H,102,104)(H,103,107)(H,108,109)/b19-17-,20-18-,30-29+/t96?,97-/m1/s1. The number of unbranched alkanes of at least 4 members (excludes halogenated alkanes) is 22. The summed E-state index contributed by atoms with van der Waals surface area (Å²) in [6, 6.07) is 0. The van der Waals surface area contributed by atoms with Gasteiger partial charge < -0.3 is 143 Å². The Labute approximate surface area is 835 Å². The maximum absolute atomic E-state index is 12.9. The van der Waals surface area contributed by atoms with Crippen molar-refractivity contribution in [1.29, 1.82) is 0 Å². The lowest BCUT2D eigenvalue weighted by atomic mass is 10.0. The highest BCUT2D eigenvalue weighted by molar-refractivity contribution is 7.47. The van der Waals surface area contributed by atoms with E-state index in [2.05, 4.69) is 60.9 Å². The minimum absolute atomic E-state index is 0.0223. The molecule has 0 saturated heterocycles. The predicted molar refractivity (Wildman–Crippen MR) is 529 cm³/mol. The molecule has 1 aliphatic rings. The number of nitrogens with one attached hydrogen (secondary N) is 2. The molecule has 1 aliphatic carbocycles. The van der Waals surface area contributed by atoms with Crippen molar-refractivity contribution >= 4 is 31.8 Å². The third kappa shape index (κ3) is 111. The van der Waals surface area contributed by atoms with Gasteiger partial charge in [-0.3, -0.25) is 23.4 Å². The van der Waals surface area contributed by atoms with E-state index in [1.807, 2.05) is 0 Å². The van der Waals surface area contributed by atoms with E-state index < -0.39 is 32.5 Å². The van der Waals surface area contributed by atoms with Crippen LogP contribution >= 0.6 is 7.82 Å². The highest BCUT2D eigenvalue weighted by atomic mass is 31.2. The van der Waals surface area contributed by atoms with Gasteiger partial charge in [-0.15, -0.1) is 0 Å². The van der Waals surface area contributed by atoms with Gasteiger partial charge in [0.2, 0.25) is 5.91 Å². The van der Waals surface area contributed by atoms with Gasteiger partial charge in [0.15, 0.2) is 6.10 Å². The number of phosphoric acid groups is 1. The number of hydrogen-bond donors (Lipinski definition) is 3. The van der Waals surface area contributed by atoms with E-state index in [1.54, 1.807) is 0 Å². The Morgan fingerprint density at radius 2 is 0.561 bits per heavy atom. The minimum Gasteiger partial charge on any atom is -0.462 e. The summed E-state index contributed by atoms with van der Waals surface area (Å²) in [7, 11) is -4.64. The van der Waals surface area contributed by atoms with Crippen molar-refractivity contribution in [2.45, 2.75) is 244 Å². The summed E-state index contributed by atoms with van der Waals surface area (Å²) in [5, 5.41) is 5.36. The Hall–Kier alpha value is -3.95. The van der Waals surface area contributed by atoms with Crippen LogP contribution in [0.2, 0.25) is 0 Å². The van der Waals surface area contributed by atoms with Crippen LogP contribution in [0.3, 0.4) is 0 Å². The van der Waals surface area contributed by atoms with E-state index in [4.69, 9.17) is 137 Å². The second-order valence-corrected chi connectivity index (χ2v) is 34.2. The molecule has 3 atom stereocenters. The summed E-state index contributed by atoms with van der Waals surface area (Å²) >= 11 is 0. The molecule has 1 rings (SSSR count). The monoisotopic (exact) mass is 2020 g/mol. The Kier molecular flexibility index (Phi) is 109. The number of rotatable bonds is 116. The average Bonchev–Trinajstić information content (AvgIpc) is 0.902. The average molecular weight is 2020 g/mol. The van der Waals surface area contributed by atoms with E-state index in [1.165, 1.54) is 77.0 Å². The lowest BCUT2D eigenvalue weighted by Crippen LogP contribution is -2.31. The molecule has 2 amide bonds. The van der Waals surface area contributed by atoms with Gasteiger partial charge in [-0.2, -0.15) is 0 Å². The van der Waals surface area contributed by atoms with Gasteiger partial charge in [-0.05, 0) is 96.3 Å². The Morgan fingerprint density at radius 3 is 0.878 bits per heavy atom. The fourth-order valence-corrected chi connectivity index (χ4v) is 13.7. The van der Waals surface area contributed by atoms with E-state index in [0.29, 0.717) is 323 Å². The summed E-state index contributed by atoms with van der Waals surface area (Å²) in [6.07, 6.45) is 46.7. The number of hydrogen-bond acceptors (Lipinski definition) is 34. The van der Waals surface area contributed by atoms with Crippen LogP contribution < -0.4 is 10.6 Å². The smallest absolute Gasteiger partial charge is 0.462 e. The van der Waals surface area contributed by atoms with E-state index in [-0.39, 0.29) is 70.3 Å². The molecule has 0 aliphatic heterocycles. The molecule has 38 heteroatoms.